The highest BCUT2D eigenvalue weighted by Crippen LogP contribution is 2.31. The lowest BCUT2D eigenvalue weighted by molar-refractivity contribution is -0.0332. The molecule has 2 aromatic rings. The van der Waals surface area contributed by atoms with Gasteiger partial charge in [0.05, 0.1) is 6.33 Å². The van der Waals surface area contributed by atoms with Gasteiger partial charge in [0.25, 0.3) is 0 Å². The minimum Gasteiger partial charge on any atom is -0.387 e. The summed E-state index contributed by atoms with van der Waals surface area (Å²) in [5, 5.41) is 27.1. The molecular weight excluding hydrogens is 418 g/mol. The van der Waals surface area contributed by atoms with Crippen molar-refractivity contribution in [3.8, 4) is 11.8 Å². The van der Waals surface area contributed by atoms with E-state index in [0.29, 0.717) is 16.3 Å². The molecule has 4 atom stereocenters. The molecule has 11 heteroatoms. The van der Waals surface area contributed by atoms with Crippen LogP contribution < -0.4 is 16.4 Å². The summed E-state index contributed by atoms with van der Waals surface area (Å²) in [6, 6.07) is 0. The maximum absolute atomic E-state index is 10.6. The van der Waals surface area contributed by atoms with Crippen LogP contribution in [0.2, 0.25) is 0 Å². The summed E-state index contributed by atoms with van der Waals surface area (Å²) in [5.74, 6) is 6.52. The van der Waals surface area contributed by atoms with E-state index in [1.54, 1.807) is 11.6 Å². The fourth-order valence-electron chi connectivity index (χ4n) is 3.37. The van der Waals surface area contributed by atoms with E-state index in [1.165, 1.54) is 19.2 Å². The van der Waals surface area contributed by atoms with Gasteiger partial charge >= 0.3 is 0 Å². The number of aromatic nitrogens is 4. The number of aliphatic hydroxyl groups excluding tert-OH is 2. The largest absolute Gasteiger partial charge is 0.387 e. The van der Waals surface area contributed by atoms with Gasteiger partial charge in [-0.15, -0.1) is 0 Å². The second-order valence-corrected chi connectivity index (χ2v) is 7.78. The molecule has 0 amide bonds. The summed E-state index contributed by atoms with van der Waals surface area (Å²) in [4.78, 5) is 12.9. The number of anilines is 1. The van der Waals surface area contributed by atoms with E-state index in [0.717, 1.165) is 19.3 Å². The molecule has 10 nitrogen and oxygen atoms in total. The molecule has 3 rings (SSSR count). The summed E-state index contributed by atoms with van der Waals surface area (Å²) in [5.41, 5.74) is 6.82. The average molecular weight is 448 g/mol. The molecule has 0 spiro atoms. The SMILES string of the molecule is CCCCCCC#Cc1nc(N)c2ncn([C@@H]3O[C@H](CNC(=S)NC)[C@@H](O)[C@H]3O)c2n1. The summed E-state index contributed by atoms with van der Waals surface area (Å²) >= 11 is 5.04. The van der Waals surface area contributed by atoms with Gasteiger partial charge in [0.15, 0.2) is 22.8 Å². The number of nitrogen functional groups attached to an aromatic ring is 1. The van der Waals surface area contributed by atoms with Crippen molar-refractivity contribution in [2.24, 2.45) is 0 Å². The zero-order valence-corrected chi connectivity index (χ0v) is 18.5. The zero-order valence-electron chi connectivity index (χ0n) is 17.7. The number of hydrogen-bond acceptors (Lipinski definition) is 8. The number of rotatable bonds is 7. The van der Waals surface area contributed by atoms with E-state index in [1.807, 2.05) is 0 Å². The van der Waals surface area contributed by atoms with Crippen LogP contribution in [-0.2, 0) is 4.74 Å². The van der Waals surface area contributed by atoms with Crippen LogP contribution in [-0.4, -0.2) is 66.7 Å². The number of aliphatic hydroxyl groups is 2. The van der Waals surface area contributed by atoms with E-state index in [9.17, 15) is 10.2 Å². The van der Waals surface area contributed by atoms with E-state index in [4.69, 9.17) is 22.7 Å². The van der Waals surface area contributed by atoms with Crippen LogP contribution in [0.4, 0.5) is 5.82 Å². The zero-order chi connectivity index (χ0) is 22.4. The first-order valence-corrected chi connectivity index (χ1v) is 10.8. The van der Waals surface area contributed by atoms with Crippen LogP contribution in [0.5, 0.6) is 0 Å². The Morgan fingerprint density at radius 3 is 2.84 bits per heavy atom. The van der Waals surface area contributed by atoms with E-state index in [2.05, 4.69) is 44.4 Å². The van der Waals surface area contributed by atoms with E-state index < -0.39 is 24.5 Å². The number of nitrogens with one attached hydrogen (secondary N) is 2. The Bertz CT molecular complexity index is 971. The molecular formula is C20H29N7O3S. The van der Waals surface area contributed by atoms with E-state index in [-0.39, 0.29) is 18.2 Å². The Hall–Kier alpha value is -2.52. The molecule has 1 aliphatic heterocycles. The average Bonchev–Trinajstić information content (AvgIpc) is 3.30. The van der Waals surface area contributed by atoms with Crippen molar-refractivity contribution in [1.82, 2.24) is 30.2 Å². The molecule has 0 unspecified atom stereocenters. The number of imidazole rings is 1. The molecule has 1 saturated heterocycles. The topological polar surface area (TPSA) is 143 Å². The van der Waals surface area contributed by atoms with Crippen LogP contribution in [0, 0.1) is 11.8 Å². The predicted molar refractivity (Wildman–Crippen MR) is 121 cm³/mol. The Kier molecular flexibility index (Phi) is 7.97. The van der Waals surface area contributed by atoms with Crippen LogP contribution >= 0.6 is 12.2 Å². The van der Waals surface area contributed by atoms with Gasteiger partial charge in [0.1, 0.15) is 23.8 Å². The molecule has 3 heterocycles. The number of fused-ring (bicyclic) bond motifs is 1. The highest BCUT2D eigenvalue weighted by Gasteiger charge is 2.44. The Labute approximate surface area is 186 Å². The number of thiocarbonyl (C=S) groups is 1. The fourth-order valence-corrected chi connectivity index (χ4v) is 3.45. The monoisotopic (exact) mass is 447 g/mol. The molecule has 0 radical (unpaired) electrons. The molecule has 1 aliphatic rings. The lowest BCUT2D eigenvalue weighted by Gasteiger charge is -2.17. The summed E-state index contributed by atoms with van der Waals surface area (Å²) in [7, 11) is 1.69. The van der Waals surface area contributed by atoms with Gasteiger partial charge in [0, 0.05) is 20.0 Å². The van der Waals surface area contributed by atoms with Crippen molar-refractivity contribution in [2.45, 2.75) is 63.6 Å². The van der Waals surface area contributed by atoms with Crippen LogP contribution in [0.1, 0.15) is 51.1 Å². The third-order valence-corrected chi connectivity index (χ3v) is 5.45. The van der Waals surface area contributed by atoms with Gasteiger partial charge in [-0.1, -0.05) is 32.1 Å². The van der Waals surface area contributed by atoms with Crippen LogP contribution in [0.25, 0.3) is 11.2 Å². The van der Waals surface area contributed by atoms with Gasteiger partial charge in [-0.2, -0.15) is 0 Å². The van der Waals surface area contributed by atoms with Crippen molar-refractivity contribution in [2.75, 3.05) is 19.3 Å². The third kappa shape index (κ3) is 5.40. The van der Waals surface area contributed by atoms with Crippen LogP contribution in [0.15, 0.2) is 6.33 Å². The second-order valence-electron chi connectivity index (χ2n) is 7.38. The van der Waals surface area contributed by atoms with Crippen molar-refractivity contribution >= 4 is 34.3 Å². The van der Waals surface area contributed by atoms with Gasteiger partial charge in [-0.3, -0.25) is 4.57 Å². The predicted octanol–water partition coefficient (Wildman–Crippen LogP) is 0.444. The molecule has 168 valence electrons. The van der Waals surface area contributed by atoms with Gasteiger partial charge in [-0.05, 0) is 24.6 Å². The molecule has 2 aromatic heterocycles. The summed E-state index contributed by atoms with van der Waals surface area (Å²) in [6.07, 6.45) is 2.92. The lowest BCUT2D eigenvalue weighted by Crippen LogP contribution is -2.42. The number of hydrogen-bond donors (Lipinski definition) is 5. The fraction of sp³-hybridized carbons (Fsp3) is 0.600. The molecule has 0 bridgehead atoms. The van der Waals surface area contributed by atoms with Gasteiger partial charge in [-0.25, -0.2) is 15.0 Å². The molecule has 0 aliphatic carbocycles. The van der Waals surface area contributed by atoms with Crippen molar-refractivity contribution < 1.29 is 14.9 Å². The van der Waals surface area contributed by atoms with Crippen molar-refractivity contribution in [3.63, 3.8) is 0 Å². The summed E-state index contributed by atoms with van der Waals surface area (Å²) in [6.45, 7) is 2.40. The number of nitrogens with two attached hydrogens (primary N) is 1. The summed E-state index contributed by atoms with van der Waals surface area (Å²) < 4.78 is 7.43. The Balaban J connectivity index is 1.78. The molecule has 1 fully saturated rings. The normalized spacial score (nSPS) is 22.8. The lowest BCUT2D eigenvalue weighted by atomic mass is 10.1. The second kappa shape index (κ2) is 10.7. The van der Waals surface area contributed by atoms with Crippen molar-refractivity contribution in [1.29, 1.82) is 0 Å². The first kappa shape index (κ1) is 23.1. The number of unbranched alkanes of at least 4 members (excludes halogenated alkanes) is 4. The van der Waals surface area contributed by atoms with E-state index >= 15 is 0 Å². The number of ether oxygens (including phenoxy) is 1. The molecule has 31 heavy (non-hydrogen) atoms. The van der Waals surface area contributed by atoms with Gasteiger partial charge < -0.3 is 31.3 Å². The third-order valence-electron chi connectivity index (χ3n) is 5.11. The Morgan fingerprint density at radius 2 is 2.10 bits per heavy atom. The quantitative estimate of drug-likeness (QED) is 0.230. The maximum Gasteiger partial charge on any atom is 0.208 e. The molecule has 0 saturated carbocycles. The highest BCUT2D eigenvalue weighted by molar-refractivity contribution is 7.80. The van der Waals surface area contributed by atoms with Gasteiger partial charge in [0.2, 0.25) is 5.82 Å². The highest BCUT2D eigenvalue weighted by atomic mass is 32.1. The molecule has 6 N–H and O–H groups in total. The minimum absolute atomic E-state index is 0.199. The first-order valence-electron chi connectivity index (χ1n) is 10.4. The number of nitrogens with zero attached hydrogens (tertiary/aromatic N) is 4. The smallest absolute Gasteiger partial charge is 0.208 e. The Morgan fingerprint density at radius 1 is 1.29 bits per heavy atom. The van der Waals surface area contributed by atoms with Crippen LogP contribution in [0.3, 0.4) is 0 Å². The first-order chi connectivity index (χ1) is 15.0. The van der Waals surface area contributed by atoms with Crippen molar-refractivity contribution in [3.05, 3.63) is 12.2 Å². The minimum atomic E-state index is -1.18. The standard InChI is InChI=1S/C20H29N7O3S/c1-3-4-5-6-7-8-9-13-25-17(21)14-18(26-13)27(11-24-14)19-16(29)15(28)12(30-19)10-23-20(31)22-2/h11-12,15-16,19,28-29H,3-7,10H2,1-2H3,(H2,21,25,26)(H2,22,23,31)/t12-,15-,16-,19-/m1/s1. The molecule has 0 aromatic carbocycles. The maximum atomic E-state index is 10.6.